The van der Waals surface area contributed by atoms with Gasteiger partial charge in [-0.05, 0) is 51.1 Å². The number of ether oxygens (including phenoxy) is 1. The van der Waals surface area contributed by atoms with Gasteiger partial charge in [0.25, 0.3) is 5.91 Å². The Hall–Kier alpha value is -3.61. The topological polar surface area (TPSA) is 93.5 Å². The maximum absolute atomic E-state index is 12.2. The zero-order valence-electron chi connectivity index (χ0n) is 15.9. The number of hydrogen-bond acceptors (Lipinski definition) is 5. The van der Waals surface area contributed by atoms with Gasteiger partial charge in [0.05, 0.1) is 28.3 Å². The highest BCUT2D eigenvalue weighted by molar-refractivity contribution is 5.96. The Morgan fingerprint density at radius 1 is 1.11 bits per heavy atom. The standard InChI is InChI=1S/C21H21N3O4/c1-13-7-9-17(10-8-13)24-15(3)20(14(2)23-24)22-19(26)12-28-21(27)16-5-4-6-18(25)11-16/h4-11,25H,12H2,1-3H3,(H,22,26). The van der Waals surface area contributed by atoms with Crippen LogP contribution in [-0.2, 0) is 9.53 Å². The highest BCUT2D eigenvalue weighted by Gasteiger charge is 2.17. The molecule has 0 spiro atoms. The summed E-state index contributed by atoms with van der Waals surface area (Å²) in [5.41, 5.74) is 4.22. The second-order valence-electron chi connectivity index (χ2n) is 6.47. The first kappa shape index (κ1) is 19.2. The van der Waals surface area contributed by atoms with E-state index in [9.17, 15) is 14.7 Å². The zero-order chi connectivity index (χ0) is 20.3. The third kappa shape index (κ3) is 4.20. The van der Waals surface area contributed by atoms with Gasteiger partial charge in [0.1, 0.15) is 5.75 Å². The van der Waals surface area contributed by atoms with E-state index in [2.05, 4.69) is 10.4 Å². The smallest absolute Gasteiger partial charge is 0.338 e. The first-order chi connectivity index (χ1) is 13.3. The highest BCUT2D eigenvalue weighted by atomic mass is 16.5. The molecule has 7 heteroatoms. The molecule has 0 bridgehead atoms. The summed E-state index contributed by atoms with van der Waals surface area (Å²) >= 11 is 0. The Balaban J connectivity index is 1.67. The van der Waals surface area contributed by atoms with E-state index >= 15 is 0 Å². The van der Waals surface area contributed by atoms with E-state index in [1.807, 2.05) is 38.1 Å². The molecule has 7 nitrogen and oxygen atoms in total. The fourth-order valence-corrected chi connectivity index (χ4v) is 2.78. The minimum atomic E-state index is -0.685. The predicted octanol–water partition coefficient (Wildman–Crippen LogP) is 3.30. The molecule has 1 aromatic heterocycles. The van der Waals surface area contributed by atoms with E-state index in [0.717, 1.165) is 16.9 Å². The first-order valence-corrected chi connectivity index (χ1v) is 8.74. The molecule has 0 atom stereocenters. The van der Waals surface area contributed by atoms with Crippen LogP contribution in [0.25, 0.3) is 5.69 Å². The van der Waals surface area contributed by atoms with Crippen LogP contribution in [0.1, 0.15) is 27.3 Å². The van der Waals surface area contributed by atoms with Crippen LogP contribution in [0.2, 0.25) is 0 Å². The van der Waals surface area contributed by atoms with E-state index in [0.29, 0.717) is 11.4 Å². The fraction of sp³-hybridized carbons (Fsp3) is 0.190. The van der Waals surface area contributed by atoms with Crippen molar-refractivity contribution >= 4 is 17.6 Å². The van der Waals surface area contributed by atoms with Crippen LogP contribution in [0.5, 0.6) is 5.75 Å². The largest absolute Gasteiger partial charge is 0.508 e. The van der Waals surface area contributed by atoms with E-state index in [4.69, 9.17) is 4.74 Å². The summed E-state index contributed by atoms with van der Waals surface area (Å²) < 4.78 is 6.77. The van der Waals surface area contributed by atoms with Crippen LogP contribution in [0.3, 0.4) is 0 Å². The van der Waals surface area contributed by atoms with Crippen LogP contribution < -0.4 is 5.32 Å². The fourth-order valence-electron chi connectivity index (χ4n) is 2.78. The number of amides is 1. The van der Waals surface area contributed by atoms with Crippen molar-refractivity contribution in [1.82, 2.24) is 9.78 Å². The molecule has 0 saturated heterocycles. The summed E-state index contributed by atoms with van der Waals surface area (Å²) in [5, 5.41) is 16.6. The number of aromatic nitrogens is 2. The summed E-state index contributed by atoms with van der Waals surface area (Å²) in [7, 11) is 0. The minimum Gasteiger partial charge on any atom is -0.508 e. The molecular weight excluding hydrogens is 358 g/mol. The van der Waals surface area contributed by atoms with Gasteiger partial charge in [0, 0.05) is 0 Å². The van der Waals surface area contributed by atoms with Gasteiger partial charge in [0.2, 0.25) is 0 Å². The lowest BCUT2D eigenvalue weighted by molar-refractivity contribution is -0.119. The molecule has 1 heterocycles. The number of anilines is 1. The maximum atomic E-state index is 12.2. The van der Waals surface area contributed by atoms with Gasteiger partial charge in [-0.15, -0.1) is 0 Å². The van der Waals surface area contributed by atoms with Crippen LogP contribution in [-0.4, -0.2) is 33.4 Å². The summed E-state index contributed by atoms with van der Waals surface area (Å²) in [6, 6.07) is 13.6. The summed E-state index contributed by atoms with van der Waals surface area (Å²) in [6.45, 7) is 5.22. The lowest BCUT2D eigenvalue weighted by Gasteiger charge is -2.08. The Morgan fingerprint density at radius 3 is 2.50 bits per heavy atom. The molecule has 0 fully saturated rings. The maximum Gasteiger partial charge on any atom is 0.338 e. The molecule has 2 aromatic carbocycles. The lowest BCUT2D eigenvalue weighted by Crippen LogP contribution is -2.21. The van der Waals surface area contributed by atoms with Crippen molar-refractivity contribution < 1.29 is 19.4 Å². The average Bonchev–Trinajstić information content (AvgIpc) is 2.95. The number of nitrogens with zero attached hydrogens (tertiary/aromatic N) is 2. The molecule has 3 rings (SSSR count). The number of aryl methyl sites for hydroxylation is 2. The van der Waals surface area contributed by atoms with Gasteiger partial charge >= 0.3 is 5.97 Å². The average molecular weight is 379 g/mol. The van der Waals surface area contributed by atoms with Crippen molar-refractivity contribution in [2.75, 3.05) is 11.9 Å². The van der Waals surface area contributed by atoms with Gasteiger partial charge in [-0.3, -0.25) is 4.79 Å². The summed E-state index contributed by atoms with van der Waals surface area (Å²) in [4.78, 5) is 24.2. The lowest BCUT2D eigenvalue weighted by atomic mass is 10.2. The van der Waals surface area contributed by atoms with Crippen molar-refractivity contribution in [1.29, 1.82) is 0 Å². The van der Waals surface area contributed by atoms with Gasteiger partial charge in [-0.2, -0.15) is 5.10 Å². The monoisotopic (exact) mass is 379 g/mol. The van der Waals surface area contributed by atoms with Crippen molar-refractivity contribution in [3.63, 3.8) is 0 Å². The summed E-state index contributed by atoms with van der Waals surface area (Å²) in [5.74, 6) is -1.20. The van der Waals surface area contributed by atoms with Gasteiger partial charge < -0.3 is 15.2 Å². The van der Waals surface area contributed by atoms with Crippen molar-refractivity contribution in [2.24, 2.45) is 0 Å². The third-order valence-corrected chi connectivity index (χ3v) is 4.25. The first-order valence-electron chi connectivity index (χ1n) is 8.74. The Kier molecular flexibility index (Phi) is 5.44. The molecule has 0 saturated carbocycles. The van der Waals surface area contributed by atoms with Gasteiger partial charge in [0.15, 0.2) is 6.61 Å². The number of phenols is 1. The summed E-state index contributed by atoms with van der Waals surface area (Å²) in [6.07, 6.45) is 0. The number of carbonyl (C=O) groups excluding carboxylic acids is 2. The molecule has 0 aliphatic rings. The molecule has 0 aliphatic heterocycles. The number of hydrogen-bond donors (Lipinski definition) is 2. The van der Waals surface area contributed by atoms with E-state index in [1.165, 1.54) is 24.3 Å². The highest BCUT2D eigenvalue weighted by Crippen LogP contribution is 2.23. The number of carbonyl (C=O) groups is 2. The van der Waals surface area contributed by atoms with Crippen molar-refractivity contribution in [2.45, 2.75) is 20.8 Å². The van der Waals surface area contributed by atoms with Crippen molar-refractivity contribution in [3.8, 4) is 11.4 Å². The molecule has 2 N–H and O–H groups in total. The number of nitrogens with one attached hydrogen (secondary N) is 1. The minimum absolute atomic E-state index is 0.0475. The number of esters is 1. The molecule has 0 unspecified atom stereocenters. The molecule has 144 valence electrons. The van der Waals surface area contributed by atoms with Gasteiger partial charge in [-0.25, -0.2) is 9.48 Å². The normalized spacial score (nSPS) is 10.5. The van der Waals surface area contributed by atoms with E-state index in [-0.39, 0.29) is 11.3 Å². The van der Waals surface area contributed by atoms with E-state index < -0.39 is 18.5 Å². The Labute approximate surface area is 162 Å². The zero-order valence-corrected chi connectivity index (χ0v) is 15.9. The van der Waals surface area contributed by atoms with Crippen LogP contribution in [0.15, 0.2) is 48.5 Å². The number of aromatic hydroxyl groups is 1. The van der Waals surface area contributed by atoms with Crippen LogP contribution >= 0.6 is 0 Å². The molecule has 3 aromatic rings. The number of benzene rings is 2. The second-order valence-corrected chi connectivity index (χ2v) is 6.47. The molecule has 28 heavy (non-hydrogen) atoms. The molecule has 1 amide bonds. The molecule has 0 aliphatic carbocycles. The Morgan fingerprint density at radius 2 is 1.82 bits per heavy atom. The van der Waals surface area contributed by atoms with Crippen LogP contribution in [0, 0.1) is 20.8 Å². The number of rotatable bonds is 5. The van der Waals surface area contributed by atoms with Gasteiger partial charge in [-0.1, -0.05) is 23.8 Å². The number of phenolic OH excluding ortho intramolecular Hbond substituents is 1. The SMILES string of the molecule is Cc1ccc(-n2nc(C)c(NC(=O)COC(=O)c3cccc(O)c3)c2C)cc1. The second kappa shape index (κ2) is 7.96. The Bertz CT molecular complexity index is 1020. The molecular formula is C21H21N3O4. The van der Waals surface area contributed by atoms with Crippen molar-refractivity contribution in [3.05, 3.63) is 71.0 Å². The van der Waals surface area contributed by atoms with E-state index in [1.54, 1.807) is 11.6 Å². The molecule has 0 radical (unpaired) electrons. The quantitative estimate of drug-likeness (QED) is 0.664. The third-order valence-electron chi connectivity index (χ3n) is 4.25. The predicted molar refractivity (Wildman–Crippen MR) is 105 cm³/mol. The van der Waals surface area contributed by atoms with Crippen LogP contribution in [0.4, 0.5) is 5.69 Å².